The molecule has 7 nitrogen and oxygen atoms in total. The van der Waals surface area contributed by atoms with Gasteiger partial charge in [-0.25, -0.2) is 9.07 Å². The fourth-order valence-corrected chi connectivity index (χ4v) is 3.86. The summed E-state index contributed by atoms with van der Waals surface area (Å²) in [6.45, 7) is 3.88. The number of aryl methyl sites for hydroxylation is 2. The minimum Gasteiger partial charge on any atom is -0.438 e. The lowest BCUT2D eigenvalue weighted by molar-refractivity contribution is -0.118. The van der Waals surface area contributed by atoms with E-state index in [9.17, 15) is 9.18 Å². The van der Waals surface area contributed by atoms with Crippen LogP contribution in [0.15, 0.2) is 66.7 Å². The van der Waals surface area contributed by atoms with Crippen LogP contribution in [0.1, 0.15) is 29.8 Å². The summed E-state index contributed by atoms with van der Waals surface area (Å²) < 4.78 is 20.7. The van der Waals surface area contributed by atoms with E-state index >= 15 is 0 Å². The molecule has 8 heteroatoms. The number of nitrogens with one attached hydrogen (secondary N) is 1. The van der Waals surface area contributed by atoms with Crippen molar-refractivity contribution < 1.29 is 13.9 Å². The van der Waals surface area contributed by atoms with Gasteiger partial charge in [0.05, 0.1) is 11.1 Å². The second-order valence-corrected chi connectivity index (χ2v) is 8.24. The van der Waals surface area contributed by atoms with Crippen molar-refractivity contribution in [1.82, 2.24) is 20.0 Å². The van der Waals surface area contributed by atoms with Gasteiger partial charge in [-0.2, -0.15) is 5.10 Å². The Morgan fingerprint density at radius 3 is 2.30 bits per heavy atom. The van der Waals surface area contributed by atoms with E-state index in [0.29, 0.717) is 23.1 Å². The van der Waals surface area contributed by atoms with Crippen LogP contribution in [-0.2, 0) is 10.2 Å². The molecule has 0 atom stereocenters. The van der Waals surface area contributed by atoms with E-state index in [4.69, 9.17) is 4.74 Å². The second kappa shape index (κ2) is 8.12. The molecule has 1 N–H and O–H groups in total. The maximum absolute atomic E-state index is 13.2. The van der Waals surface area contributed by atoms with Crippen LogP contribution >= 0.6 is 0 Å². The molecule has 1 amide bonds. The van der Waals surface area contributed by atoms with E-state index < -0.39 is 5.41 Å². The van der Waals surface area contributed by atoms with Crippen LogP contribution in [0, 0.1) is 19.7 Å². The van der Waals surface area contributed by atoms with Crippen molar-refractivity contribution in [3.8, 4) is 17.4 Å². The standard InChI is InChI=1S/C25H22FN5O2/c1-16-15-17(2)31(30-16)22-11-12-23(29-28-22)33-21-9-7-20(8-10-21)27-24(32)25(13-14-25)18-3-5-19(26)6-4-18/h3-12,15H,13-14H2,1-2H3,(H,27,32). The summed E-state index contributed by atoms with van der Waals surface area (Å²) in [6.07, 6.45) is 1.50. The van der Waals surface area contributed by atoms with E-state index in [1.165, 1.54) is 12.1 Å². The van der Waals surface area contributed by atoms with Crippen LogP contribution < -0.4 is 10.1 Å². The maximum Gasteiger partial charge on any atom is 0.238 e. The van der Waals surface area contributed by atoms with Crippen LogP contribution in [0.25, 0.3) is 5.82 Å². The normalized spacial score (nSPS) is 14.0. The Morgan fingerprint density at radius 1 is 1.00 bits per heavy atom. The fourth-order valence-electron chi connectivity index (χ4n) is 3.86. The Labute approximate surface area is 190 Å². The van der Waals surface area contributed by atoms with Gasteiger partial charge in [-0.3, -0.25) is 4.79 Å². The molecular formula is C25H22FN5O2. The third-order valence-corrected chi connectivity index (χ3v) is 5.77. The average Bonchev–Trinajstić information content (AvgIpc) is 3.55. The molecular weight excluding hydrogens is 421 g/mol. The Kier molecular flexibility index (Phi) is 5.12. The summed E-state index contributed by atoms with van der Waals surface area (Å²) in [6, 6.07) is 18.7. The van der Waals surface area contributed by atoms with Crippen LogP contribution in [-0.4, -0.2) is 25.9 Å². The molecule has 1 aliphatic rings. The Hall–Kier alpha value is -4.07. The Morgan fingerprint density at radius 2 is 1.73 bits per heavy atom. The van der Waals surface area contributed by atoms with Gasteiger partial charge in [-0.1, -0.05) is 12.1 Å². The van der Waals surface area contributed by atoms with Crippen LogP contribution in [0.5, 0.6) is 11.6 Å². The number of rotatable bonds is 6. The molecule has 2 aromatic carbocycles. The quantitative estimate of drug-likeness (QED) is 0.459. The molecule has 0 spiro atoms. The van der Waals surface area contributed by atoms with Crippen LogP contribution in [0.2, 0.25) is 0 Å². The first-order valence-corrected chi connectivity index (χ1v) is 10.7. The molecule has 2 aromatic heterocycles. The van der Waals surface area contributed by atoms with E-state index in [1.54, 1.807) is 53.2 Å². The van der Waals surface area contributed by atoms with Crippen molar-refractivity contribution in [2.75, 3.05) is 5.32 Å². The predicted octanol–water partition coefficient (Wildman–Crippen LogP) is 4.88. The SMILES string of the molecule is Cc1cc(C)n(-c2ccc(Oc3ccc(NC(=O)C4(c5ccc(F)cc5)CC4)cc3)nn2)n1. The zero-order chi connectivity index (χ0) is 23.0. The Bertz CT molecular complexity index is 1290. The molecule has 1 saturated carbocycles. The number of carbonyl (C=O) groups excluding carboxylic acids is 1. The number of ether oxygens (including phenoxy) is 1. The number of carbonyl (C=O) groups is 1. The third kappa shape index (κ3) is 4.19. The van der Waals surface area contributed by atoms with Gasteiger partial charge in [0.1, 0.15) is 11.6 Å². The van der Waals surface area contributed by atoms with Gasteiger partial charge in [0.15, 0.2) is 5.82 Å². The number of halogens is 1. The first-order chi connectivity index (χ1) is 15.9. The highest BCUT2D eigenvalue weighted by Gasteiger charge is 2.51. The first-order valence-electron chi connectivity index (χ1n) is 10.7. The van der Waals surface area contributed by atoms with E-state index in [-0.39, 0.29) is 11.7 Å². The highest BCUT2D eigenvalue weighted by Crippen LogP contribution is 2.49. The third-order valence-electron chi connectivity index (χ3n) is 5.77. The summed E-state index contributed by atoms with van der Waals surface area (Å²) in [7, 11) is 0. The zero-order valence-corrected chi connectivity index (χ0v) is 18.2. The van der Waals surface area contributed by atoms with Gasteiger partial charge in [0, 0.05) is 17.4 Å². The van der Waals surface area contributed by atoms with E-state index in [2.05, 4.69) is 20.6 Å². The van der Waals surface area contributed by atoms with E-state index in [1.807, 2.05) is 19.9 Å². The molecule has 1 aliphatic carbocycles. The highest BCUT2D eigenvalue weighted by molar-refractivity contribution is 6.01. The number of hydrogen-bond acceptors (Lipinski definition) is 5. The minimum absolute atomic E-state index is 0.0895. The molecule has 0 aliphatic heterocycles. The van der Waals surface area contributed by atoms with Gasteiger partial charge in [-0.15, -0.1) is 10.2 Å². The summed E-state index contributed by atoms with van der Waals surface area (Å²) >= 11 is 0. The van der Waals surface area contributed by atoms with Gasteiger partial charge in [-0.05, 0) is 80.8 Å². The first kappa shape index (κ1) is 20.8. The molecule has 0 saturated heterocycles. The molecule has 166 valence electrons. The maximum atomic E-state index is 13.2. The number of amides is 1. The molecule has 4 aromatic rings. The lowest BCUT2D eigenvalue weighted by Crippen LogP contribution is -2.27. The van der Waals surface area contributed by atoms with E-state index in [0.717, 1.165) is 29.8 Å². The summed E-state index contributed by atoms with van der Waals surface area (Å²) in [5.74, 6) is 1.14. The van der Waals surface area contributed by atoms with Gasteiger partial charge < -0.3 is 10.1 Å². The largest absolute Gasteiger partial charge is 0.438 e. The van der Waals surface area contributed by atoms with Crippen molar-refractivity contribution in [2.24, 2.45) is 0 Å². The molecule has 0 bridgehead atoms. The monoisotopic (exact) mass is 443 g/mol. The van der Waals surface area contributed by atoms with Crippen molar-refractivity contribution in [3.63, 3.8) is 0 Å². The predicted molar refractivity (Wildman–Crippen MR) is 121 cm³/mol. The minimum atomic E-state index is -0.578. The molecule has 33 heavy (non-hydrogen) atoms. The van der Waals surface area contributed by atoms with Crippen molar-refractivity contribution in [1.29, 1.82) is 0 Å². The lowest BCUT2D eigenvalue weighted by atomic mass is 9.95. The molecule has 0 unspecified atom stereocenters. The van der Waals surface area contributed by atoms with Crippen molar-refractivity contribution in [3.05, 3.63) is 89.5 Å². The van der Waals surface area contributed by atoms with Gasteiger partial charge in [0.25, 0.3) is 0 Å². The molecule has 1 fully saturated rings. The number of benzene rings is 2. The number of anilines is 1. The second-order valence-electron chi connectivity index (χ2n) is 8.24. The zero-order valence-electron chi connectivity index (χ0n) is 18.2. The summed E-state index contributed by atoms with van der Waals surface area (Å²) in [5.41, 5.74) is 2.80. The molecule has 5 rings (SSSR count). The lowest BCUT2D eigenvalue weighted by Gasteiger charge is -2.16. The Balaban J connectivity index is 1.23. The summed E-state index contributed by atoms with van der Waals surface area (Å²) in [5, 5.41) is 15.7. The van der Waals surface area contributed by atoms with Crippen molar-refractivity contribution in [2.45, 2.75) is 32.1 Å². The highest BCUT2D eigenvalue weighted by atomic mass is 19.1. The molecule has 2 heterocycles. The van der Waals surface area contributed by atoms with Crippen molar-refractivity contribution >= 4 is 11.6 Å². The van der Waals surface area contributed by atoms with Gasteiger partial charge in [0.2, 0.25) is 11.8 Å². The average molecular weight is 443 g/mol. The van der Waals surface area contributed by atoms with Crippen LogP contribution in [0.3, 0.4) is 0 Å². The number of hydrogen-bond donors (Lipinski definition) is 1. The van der Waals surface area contributed by atoms with Crippen LogP contribution in [0.4, 0.5) is 10.1 Å². The fraction of sp³-hybridized carbons (Fsp3) is 0.200. The number of aromatic nitrogens is 4. The molecule has 0 radical (unpaired) electrons. The van der Waals surface area contributed by atoms with Gasteiger partial charge >= 0.3 is 0 Å². The topological polar surface area (TPSA) is 81.9 Å². The number of nitrogens with zero attached hydrogens (tertiary/aromatic N) is 4. The smallest absolute Gasteiger partial charge is 0.238 e. The summed E-state index contributed by atoms with van der Waals surface area (Å²) in [4.78, 5) is 12.9.